The van der Waals surface area contributed by atoms with Crippen molar-refractivity contribution in [2.75, 3.05) is 13.2 Å². The number of hydrogen-bond donors (Lipinski definition) is 2. The second kappa shape index (κ2) is 8.03. The second-order valence-corrected chi connectivity index (χ2v) is 6.35. The van der Waals surface area contributed by atoms with Crippen LogP contribution in [0.15, 0.2) is 36.7 Å². The van der Waals surface area contributed by atoms with E-state index in [1.165, 1.54) is 0 Å². The number of ether oxygens (including phenoxy) is 1. The summed E-state index contributed by atoms with van der Waals surface area (Å²) in [5.74, 6) is 0.249. The molecule has 2 atom stereocenters. The zero-order chi connectivity index (χ0) is 18.5. The molecule has 138 valence electrons. The first-order chi connectivity index (χ1) is 12.6. The molecular formula is C19H24N4O3. The zero-order valence-corrected chi connectivity index (χ0v) is 15.1. The van der Waals surface area contributed by atoms with Crippen LogP contribution in [0.5, 0.6) is 5.75 Å². The molecule has 1 aromatic heterocycles. The maximum absolute atomic E-state index is 13.0. The maximum atomic E-state index is 13.0. The number of hydrogen-bond acceptors (Lipinski definition) is 4. The Morgan fingerprint density at radius 2 is 2.23 bits per heavy atom. The molecule has 2 aromatic rings. The number of amides is 2. The highest BCUT2D eigenvalue weighted by atomic mass is 16.5. The van der Waals surface area contributed by atoms with Crippen LogP contribution in [0.25, 0.3) is 0 Å². The minimum absolute atomic E-state index is 0.140. The largest absolute Gasteiger partial charge is 0.493 e. The standard InChI is InChI=1S/C19H24N4O3/c1-3-26-17-9-5-4-7-15(17)19(25)23-10-6-8-16(23)18(24)22-13(2)14-11-20-21-12-14/h4-5,7,9,11-13,16H,3,6,8,10H2,1-2H3,(H,20,21)(H,22,24). The molecule has 7 nitrogen and oxygen atoms in total. The van der Waals surface area contributed by atoms with Crippen molar-refractivity contribution in [3.8, 4) is 5.75 Å². The van der Waals surface area contributed by atoms with Crippen molar-refractivity contribution in [2.45, 2.75) is 38.8 Å². The molecule has 2 amide bonds. The molecule has 2 unspecified atom stereocenters. The highest BCUT2D eigenvalue weighted by molar-refractivity contribution is 6.00. The van der Waals surface area contributed by atoms with Gasteiger partial charge >= 0.3 is 0 Å². The van der Waals surface area contributed by atoms with Crippen molar-refractivity contribution >= 4 is 11.8 Å². The molecule has 0 radical (unpaired) electrons. The van der Waals surface area contributed by atoms with E-state index in [0.717, 1.165) is 12.0 Å². The third kappa shape index (κ3) is 3.71. The Bertz CT molecular complexity index is 760. The molecule has 3 rings (SSSR count). The van der Waals surface area contributed by atoms with Crippen molar-refractivity contribution in [3.63, 3.8) is 0 Å². The third-order valence-electron chi connectivity index (χ3n) is 4.61. The number of likely N-dealkylation sites (tertiary alicyclic amines) is 1. The topological polar surface area (TPSA) is 87.3 Å². The van der Waals surface area contributed by atoms with E-state index in [4.69, 9.17) is 4.74 Å². The van der Waals surface area contributed by atoms with Gasteiger partial charge in [0.2, 0.25) is 5.91 Å². The van der Waals surface area contributed by atoms with Gasteiger partial charge < -0.3 is 15.0 Å². The molecule has 0 saturated carbocycles. The third-order valence-corrected chi connectivity index (χ3v) is 4.61. The van der Waals surface area contributed by atoms with E-state index in [9.17, 15) is 9.59 Å². The number of rotatable bonds is 6. The van der Waals surface area contributed by atoms with E-state index in [1.807, 2.05) is 26.0 Å². The van der Waals surface area contributed by atoms with E-state index in [1.54, 1.807) is 29.4 Å². The van der Waals surface area contributed by atoms with Crippen molar-refractivity contribution < 1.29 is 14.3 Å². The Kier molecular flexibility index (Phi) is 5.55. The van der Waals surface area contributed by atoms with Gasteiger partial charge in [-0.3, -0.25) is 14.7 Å². The average molecular weight is 356 g/mol. The van der Waals surface area contributed by atoms with Gasteiger partial charge in [0.15, 0.2) is 0 Å². The van der Waals surface area contributed by atoms with Crippen molar-refractivity contribution in [3.05, 3.63) is 47.8 Å². The van der Waals surface area contributed by atoms with Gasteiger partial charge in [0.05, 0.1) is 24.4 Å². The van der Waals surface area contributed by atoms with Crippen LogP contribution in [0.4, 0.5) is 0 Å². The number of benzene rings is 1. The lowest BCUT2D eigenvalue weighted by molar-refractivity contribution is -0.125. The molecule has 1 fully saturated rings. The summed E-state index contributed by atoms with van der Waals surface area (Å²) in [5, 5.41) is 9.62. The molecular weight excluding hydrogens is 332 g/mol. The van der Waals surface area contributed by atoms with Gasteiger partial charge in [0.1, 0.15) is 11.8 Å². The van der Waals surface area contributed by atoms with Crippen LogP contribution in [0, 0.1) is 0 Å². The number of carbonyl (C=O) groups is 2. The Hall–Kier alpha value is -2.83. The molecule has 1 saturated heterocycles. The molecule has 1 aromatic carbocycles. The molecule has 7 heteroatoms. The van der Waals surface area contributed by atoms with Gasteiger partial charge in [-0.15, -0.1) is 0 Å². The summed E-state index contributed by atoms with van der Waals surface area (Å²) in [5.41, 5.74) is 1.40. The first-order valence-electron chi connectivity index (χ1n) is 8.93. The fraction of sp³-hybridized carbons (Fsp3) is 0.421. The summed E-state index contributed by atoms with van der Waals surface area (Å²) < 4.78 is 5.57. The number of para-hydroxylation sites is 1. The summed E-state index contributed by atoms with van der Waals surface area (Å²) >= 11 is 0. The Balaban J connectivity index is 1.73. The van der Waals surface area contributed by atoms with E-state index in [2.05, 4.69) is 15.5 Å². The molecule has 0 spiro atoms. The summed E-state index contributed by atoms with van der Waals surface area (Å²) in [6, 6.07) is 6.53. The van der Waals surface area contributed by atoms with Crippen LogP contribution in [0.2, 0.25) is 0 Å². The van der Waals surface area contributed by atoms with Gasteiger partial charge in [-0.2, -0.15) is 5.10 Å². The minimum atomic E-state index is -0.466. The highest BCUT2D eigenvalue weighted by Crippen LogP contribution is 2.26. The van der Waals surface area contributed by atoms with Crippen LogP contribution < -0.4 is 10.1 Å². The van der Waals surface area contributed by atoms with E-state index >= 15 is 0 Å². The van der Waals surface area contributed by atoms with Crippen LogP contribution >= 0.6 is 0 Å². The number of aromatic nitrogens is 2. The van der Waals surface area contributed by atoms with Crippen LogP contribution in [0.1, 0.15) is 48.7 Å². The zero-order valence-electron chi connectivity index (χ0n) is 15.1. The smallest absolute Gasteiger partial charge is 0.258 e. The quantitative estimate of drug-likeness (QED) is 0.831. The number of carbonyl (C=O) groups excluding carboxylic acids is 2. The number of H-pyrrole nitrogens is 1. The molecule has 0 aliphatic carbocycles. The van der Waals surface area contributed by atoms with Crippen molar-refractivity contribution in [1.29, 1.82) is 0 Å². The molecule has 2 N–H and O–H groups in total. The first-order valence-corrected chi connectivity index (χ1v) is 8.93. The molecule has 0 bridgehead atoms. The van der Waals surface area contributed by atoms with Crippen LogP contribution in [0.3, 0.4) is 0 Å². The number of nitrogens with zero attached hydrogens (tertiary/aromatic N) is 2. The van der Waals surface area contributed by atoms with E-state index in [-0.39, 0.29) is 17.9 Å². The van der Waals surface area contributed by atoms with Gasteiger partial charge in [-0.05, 0) is 38.8 Å². The van der Waals surface area contributed by atoms with Gasteiger partial charge in [0.25, 0.3) is 5.91 Å². The lowest BCUT2D eigenvalue weighted by Crippen LogP contribution is -2.46. The van der Waals surface area contributed by atoms with Gasteiger partial charge in [-0.1, -0.05) is 12.1 Å². The molecule has 1 aliphatic rings. The van der Waals surface area contributed by atoms with Gasteiger partial charge in [-0.25, -0.2) is 0 Å². The Morgan fingerprint density at radius 1 is 1.42 bits per heavy atom. The minimum Gasteiger partial charge on any atom is -0.493 e. The lowest BCUT2D eigenvalue weighted by atomic mass is 10.1. The van der Waals surface area contributed by atoms with Crippen molar-refractivity contribution in [2.24, 2.45) is 0 Å². The fourth-order valence-electron chi connectivity index (χ4n) is 3.25. The monoisotopic (exact) mass is 356 g/mol. The lowest BCUT2D eigenvalue weighted by Gasteiger charge is -2.26. The number of aromatic amines is 1. The highest BCUT2D eigenvalue weighted by Gasteiger charge is 2.36. The maximum Gasteiger partial charge on any atom is 0.258 e. The molecule has 1 aliphatic heterocycles. The van der Waals surface area contributed by atoms with Crippen molar-refractivity contribution in [1.82, 2.24) is 20.4 Å². The summed E-state index contributed by atoms with van der Waals surface area (Å²) in [7, 11) is 0. The first kappa shape index (κ1) is 18.0. The summed E-state index contributed by atoms with van der Waals surface area (Å²) in [6.45, 7) is 4.83. The predicted octanol–water partition coefficient (Wildman–Crippen LogP) is 2.29. The second-order valence-electron chi connectivity index (χ2n) is 6.35. The molecule has 26 heavy (non-hydrogen) atoms. The van der Waals surface area contributed by atoms with Gasteiger partial charge in [0, 0.05) is 18.3 Å². The van der Waals surface area contributed by atoms with Crippen LogP contribution in [-0.4, -0.2) is 46.1 Å². The fourth-order valence-corrected chi connectivity index (χ4v) is 3.25. The molecule has 2 heterocycles. The average Bonchev–Trinajstić information content (AvgIpc) is 3.33. The Labute approximate surface area is 152 Å². The summed E-state index contributed by atoms with van der Waals surface area (Å²) in [4.78, 5) is 27.4. The Morgan fingerprint density at radius 3 is 2.96 bits per heavy atom. The SMILES string of the molecule is CCOc1ccccc1C(=O)N1CCCC1C(=O)NC(C)c1cn[nH]c1. The predicted molar refractivity (Wildman–Crippen MR) is 96.8 cm³/mol. The van der Waals surface area contributed by atoms with E-state index < -0.39 is 6.04 Å². The summed E-state index contributed by atoms with van der Waals surface area (Å²) in [6.07, 6.45) is 4.90. The number of nitrogens with one attached hydrogen (secondary N) is 2. The van der Waals surface area contributed by atoms with Crippen LogP contribution in [-0.2, 0) is 4.79 Å². The normalized spacial score (nSPS) is 17.8. The van der Waals surface area contributed by atoms with E-state index in [0.29, 0.717) is 30.9 Å².